The van der Waals surface area contributed by atoms with Gasteiger partial charge >= 0.3 is 6.18 Å². The van der Waals surface area contributed by atoms with Gasteiger partial charge in [-0.05, 0) is 15.9 Å². The maximum absolute atomic E-state index is 11.8. The van der Waals surface area contributed by atoms with E-state index in [2.05, 4.69) is 20.9 Å². The molecule has 1 heterocycles. The van der Waals surface area contributed by atoms with Gasteiger partial charge < -0.3 is 5.11 Å². The molecule has 1 aromatic heterocycles. The molecule has 68 valence electrons. The Kier molecular flexibility index (Phi) is 2.74. The second-order valence-electron chi connectivity index (χ2n) is 1.97. The Morgan fingerprint density at radius 3 is 2.50 bits per heavy atom. The van der Waals surface area contributed by atoms with Crippen molar-refractivity contribution >= 4 is 27.3 Å². The first-order valence-electron chi connectivity index (χ1n) is 2.77. The molecule has 0 bridgehead atoms. The zero-order chi connectivity index (χ0) is 9.35. The molecule has 0 fully saturated rings. The maximum Gasteiger partial charge on any atom is 0.420 e. The highest BCUT2D eigenvalue weighted by atomic mass is 79.9. The van der Waals surface area contributed by atoms with Crippen LogP contribution < -0.4 is 0 Å². The summed E-state index contributed by atoms with van der Waals surface area (Å²) in [6, 6.07) is 0. The Labute approximate surface area is 78.2 Å². The van der Waals surface area contributed by atoms with Crippen molar-refractivity contribution in [1.82, 2.24) is 4.98 Å². The van der Waals surface area contributed by atoms with E-state index in [1.807, 2.05) is 0 Å². The highest BCUT2D eigenvalue weighted by molar-refractivity contribution is 9.11. The highest BCUT2D eigenvalue weighted by Gasteiger charge is 2.40. The fraction of sp³-hybridized carbons (Fsp3) is 0.400. The van der Waals surface area contributed by atoms with Gasteiger partial charge in [0.1, 0.15) is 0 Å². The van der Waals surface area contributed by atoms with E-state index < -0.39 is 12.3 Å². The second-order valence-corrected chi connectivity index (χ2v) is 4.10. The van der Waals surface area contributed by atoms with Crippen LogP contribution in [-0.4, -0.2) is 16.3 Å². The predicted molar refractivity (Wildman–Crippen MR) is 40.8 cm³/mol. The number of thiazole rings is 1. The molecular formula is C5H3BrF3NOS. The molecule has 0 saturated carbocycles. The van der Waals surface area contributed by atoms with Gasteiger partial charge in [-0.3, -0.25) is 0 Å². The van der Waals surface area contributed by atoms with E-state index in [0.717, 1.165) is 16.7 Å². The highest BCUT2D eigenvalue weighted by Crippen LogP contribution is 2.33. The lowest BCUT2D eigenvalue weighted by atomic mass is 10.3. The summed E-state index contributed by atoms with van der Waals surface area (Å²) in [5.74, 6) is 0. The monoisotopic (exact) mass is 261 g/mol. The summed E-state index contributed by atoms with van der Waals surface area (Å²) in [5.41, 5.74) is -0.376. The summed E-state index contributed by atoms with van der Waals surface area (Å²) in [5, 5.41) is 9.82. The number of rotatable bonds is 1. The first-order valence-corrected chi connectivity index (χ1v) is 4.44. The van der Waals surface area contributed by atoms with Crippen molar-refractivity contribution < 1.29 is 18.3 Å². The second kappa shape index (κ2) is 3.31. The van der Waals surface area contributed by atoms with E-state index in [-0.39, 0.29) is 5.69 Å². The van der Waals surface area contributed by atoms with E-state index in [1.165, 1.54) is 0 Å². The number of hydrogen-bond donors (Lipinski definition) is 1. The van der Waals surface area contributed by atoms with Gasteiger partial charge in [-0.15, -0.1) is 11.3 Å². The summed E-state index contributed by atoms with van der Waals surface area (Å²) in [6.07, 6.45) is -7.13. The van der Waals surface area contributed by atoms with Gasteiger partial charge in [0.2, 0.25) is 0 Å². The Morgan fingerprint density at radius 2 is 2.17 bits per heavy atom. The lowest BCUT2D eigenvalue weighted by Crippen LogP contribution is -2.20. The molecule has 1 N–H and O–H groups in total. The summed E-state index contributed by atoms with van der Waals surface area (Å²) in [4.78, 5) is 3.44. The molecule has 1 aromatic rings. The van der Waals surface area contributed by atoms with Crippen molar-refractivity contribution in [1.29, 1.82) is 0 Å². The van der Waals surface area contributed by atoms with E-state index in [9.17, 15) is 13.2 Å². The lowest BCUT2D eigenvalue weighted by molar-refractivity contribution is -0.207. The molecule has 12 heavy (non-hydrogen) atoms. The number of nitrogens with zero attached hydrogens (tertiary/aromatic N) is 1. The molecule has 0 radical (unpaired) electrons. The zero-order valence-corrected chi connectivity index (χ0v) is 7.87. The van der Waals surface area contributed by atoms with Crippen LogP contribution in [0.1, 0.15) is 11.8 Å². The van der Waals surface area contributed by atoms with E-state index in [4.69, 9.17) is 5.11 Å². The van der Waals surface area contributed by atoms with Gasteiger partial charge in [0.05, 0.1) is 5.69 Å². The number of hydrogen-bond acceptors (Lipinski definition) is 3. The van der Waals surface area contributed by atoms with Crippen LogP contribution in [0.4, 0.5) is 13.2 Å². The molecule has 0 aromatic carbocycles. The minimum atomic E-state index is -4.65. The molecule has 0 aliphatic heterocycles. The fourth-order valence-corrected chi connectivity index (χ4v) is 1.60. The molecule has 0 saturated heterocycles. The van der Waals surface area contributed by atoms with Crippen LogP contribution in [0.5, 0.6) is 0 Å². The normalized spacial score (nSPS) is 14.8. The van der Waals surface area contributed by atoms with Crippen LogP contribution in [0.2, 0.25) is 0 Å². The van der Waals surface area contributed by atoms with Crippen molar-refractivity contribution in [3.8, 4) is 0 Å². The SMILES string of the molecule is OC(c1csc(Br)n1)C(F)(F)F. The molecule has 0 spiro atoms. The largest absolute Gasteiger partial charge is 0.420 e. The van der Waals surface area contributed by atoms with Gasteiger partial charge in [0, 0.05) is 5.38 Å². The molecule has 0 aliphatic rings. The Bertz CT molecular complexity index is 274. The average Bonchev–Trinajstić information content (AvgIpc) is 2.32. The quantitative estimate of drug-likeness (QED) is 0.843. The summed E-state index contributed by atoms with van der Waals surface area (Å²) >= 11 is 3.89. The Balaban J connectivity index is 2.85. The van der Waals surface area contributed by atoms with E-state index in [1.54, 1.807) is 0 Å². The van der Waals surface area contributed by atoms with Gasteiger partial charge in [-0.25, -0.2) is 4.98 Å². The van der Waals surface area contributed by atoms with Crippen molar-refractivity contribution in [2.75, 3.05) is 0 Å². The molecule has 1 rings (SSSR count). The summed E-state index contributed by atoms with van der Waals surface area (Å²) in [7, 11) is 0. The maximum atomic E-state index is 11.8. The molecular weight excluding hydrogens is 259 g/mol. The molecule has 1 atom stereocenters. The fourth-order valence-electron chi connectivity index (χ4n) is 0.556. The standard InChI is InChI=1S/C5H3BrF3NOS/c6-4-10-2(1-12-4)3(11)5(7,8)9/h1,3,11H. The third kappa shape index (κ3) is 2.18. The smallest absolute Gasteiger partial charge is 0.378 e. The zero-order valence-electron chi connectivity index (χ0n) is 5.47. The summed E-state index contributed by atoms with van der Waals surface area (Å²) < 4.78 is 35.9. The van der Waals surface area contributed by atoms with Crippen molar-refractivity contribution in [2.45, 2.75) is 12.3 Å². The first-order chi connectivity index (χ1) is 5.41. The molecule has 0 amide bonds. The van der Waals surface area contributed by atoms with E-state index >= 15 is 0 Å². The minimum Gasteiger partial charge on any atom is -0.378 e. The molecule has 2 nitrogen and oxygen atoms in total. The third-order valence-electron chi connectivity index (χ3n) is 1.08. The van der Waals surface area contributed by atoms with Crippen LogP contribution >= 0.6 is 27.3 Å². The summed E-state index contributed by atoms with van der Waals surface area (Å²) in [6.45, 7) is 0. The molecule has 0 aliphatic carbocycles. The van der Waals surface area contributed by atoms with Gasteiger partial charge in [0.15, 0.2) is 10.0 Å². The topological polar surface area (TPSA) is 33.1 Å². The number of halogens is 4. The number of alkyl halides is 3. The van der Waals surface area contributed by atoms with Crippen molar-refractivity contribution in [3.05, 3.63) is 15.0 Å². The Morgan fingerprint density at radius 1 is 1.58 bits per heavy atom. The third-order valence-corrected chi connectivity index (χ3v) is 2.47. The van der Waals surface area contributed by atoms with Crippen LogP contribution in [0.15, 0.2) is 9.30 Å². The van der Waals surface area contributed by atoms with Crippen LogP contribution in [0.25, 0.3) is 0 Å². The van der Waals surface area contributed by atoms with Gasteiger partial charge in [-0.2, -0.15) is 13.2 Å². The number of aliphatic hydroxyl groups is 1. The van der Waals surface area contributed by atoms with Crippen LogP contribution in [0.3, 0.4) is 0 Å². The Hall–Kier alpha value is -0.140. The first kappa shape index (κ1) is 9.94. The van der Waals surface area contributed by atoms with Gasteiger partial charge in [0.25, 0.3) is 0 Å². The van der Waals surface area contributed by atoms with Crippen LogP contribution in [0, 0.1) is 0 Å². The lowest BCUT2D eigenvalue weighted by Gasteiger charge is -2.11. The number of aromatic nitrogens is 1. The minimum absolute atomic E-state index is 0.320. The molecule has 7 heteroatoms. The predicted octanol–water partition coefficient (Wildman–Crippen LogP) is 2.50. The number of aliphatic hydroxyl groups excluding tert-OH is 1. The van der Waals surface area contributed by atoms with Crippen molar-refractivity contribution in [3.63, 3.8) is 0 Å². The van der Waals surface area contributed by atoms with Gasteiger partial charge in [-0.1, -0.05) is 0 Å². The van der Waals surface area contributed by atoms with Crippen molar-refractivity contribution in [2.24, 2.45) is 0 Å². The average molecular weight is 262 g/mol. The van der Waals surface area contributed by atoms with E-state index in [0.29, 0.717) is 3.92 Å². The van der Waals surface area contributed by atoms with Crippen LogP contribution in [-0.2, 0) is 0 Å². The molecule has 1 unspecified atom stereocenters.